The molecule has 248 valence electrons. The maximum absolute atomic E-state index is 12.2. The lowest BCUT2D eigenvalue weighted by atomic mass is 9.96. The van der Waals surface area contributed by atoms with Crippen LogP contribution in [0.3, 0.4) is 0 Å². The topological polar surface area (TPSA) is 232 Å². The second-order valence-corrected chi connectivity index (χ2v) is 9.68. The van der Waals surface area contributed by atoms with Crippen LogP contribution in [0.1, 0.15) is 48.5 Å². The normalized spacial score (nSPS) is 31.5. The van der Waals surface area contributed by atoms with E-state index in [0.717, 1.165) is 48.5 Å². The van der Waals surface area contributed by atoms with Crippen LogP contribution < -0.4 is 0 Å². The molecule has 18 heteroatoms. The van der Waals surface area contributed by atoms with E-state index in [9.17, 15) is 38.7 Å². The molecule has 18 nitrogen and oxygen atoms in total. The zero-order chi connectivity index (χ0) is 33.3. The van der Waals surface area contributed by atoms with Crippen LogP contribution in [-0.2, 0) is 80.9 Å². The maximum Gasteiger partial charge on any atom is 0.303 e. The zero-order valence-corrected chi connectivity index (χ0v) is 25.1. The molecular formula is C26H36O18. The van der Waals surface area contributed by atoms with Gasteiger partial charge < -0.3 is 52.5 Å². The Morgan fingerprint density at radius 2 is 0.841 bits per heavy atom. The SMILES string of the molecule is CC(=O)OCC1O[C@@H](O[C@H]2C(COC(C)=O)O[C@@H](O)C(OC(C)=O)[C@@H]2OC(C)=O)C(OC(C)=O)[C@@H](OC(C)=O)[C@H]1OC(C)=O. The van der Waals surface area contributed by atoms with Crippen LogP contribution in [0.4, 0.5) is 0 Å². The number of aliphatic hydroxyl groups is 1. The summed E-state index contributed by atoms with van der Waals surface area (Å²) in [6.45, 7) is 6.11. The zero-order valence-electron chi connectivity index (χ0n) is 25.1. The lowest BCUT2D eigenvalue weighted by molar-refractivity contribution is -0.357. The molecule has 0 amide bonds. The van der Waals surface area contributed by atoms with Gasteiger partial charge in [-0.1, -0.05) is 0 Å². The summed E-state index contributed by atoms with van der Waals surface area (Å²) in [6.07, 6.45) is -16.3. The Hall–Kier alpha value is -3.87. The van der Waals surface area contributed by atoms with Crippen molar-refractivity contribution in [3.05, 3.63) is 0 Å². The first kappa shape index (κ1) is 36.3. The molecule has 2 saturated heterocycles. The number of aliphatic hydroxyl groups excluding tert-OH is 1. The summed E-state index contributed by atoms with van der Waals surface area (Å²) in [4.78, 5) is 83.5. The number of esters is 7. The second kappa shape index (κ2) is 16.3. The molecule has 2 aliphatic heterocycles. The molecule has 0 radical (unpaired) electrons. The fourth-order valence-corrected chi connectivity index (χ4v) is 4.49. The van der Waals surface area contributed by atoms with E-state index in [0.29, 0.717) is 0 Å². The van der Waals surface area contributed by atoms with Crippen molar-refractivity contribution in [2.24, 2.45) is 0 Å². The lowest BCUT2D eigenvalue weighted by Crippen LogP contribution is -2.67. The van der Waals surface area contributed by atoms with Crippen LogP contribution in [0.25, 0.3) is 0 Å². The van der Waals surface area contributed by atoms with Gasteiger partial charge in [0.2, 0.25) is 0 Å². The van der Waals surface area contributed by atoms with Crippen molar-refractivity contribution in [3.8, 4) is 0 Å². The first-order valence-corrected chi connectivity index (χ1v) is 13.3. The monoisotopic (exact) mass is 636 g/mol. The highest BCUT2D eigenvalue weighted by Gasteiger charge is 2.57. The van der Waals surface area contributed by atoms with Crippen molar-refractivity contribution in [1.82, 2.24) is 0 Å². The number of rotatable bonds is 11. The molecule has 10 atom stereocenters. The van der Waals surface area contributed by atoms with Crippen molar-refractivity contribution in [1.29, 1.82) is 0 Å². The smallest absolute Gasteiger partial charge is 0.303 e. The number of hydrogen-bond donors (Lipinski definition) is 1. The average molecular weight is 637 g/mol. The summed E-state index contributed by atoms with van der Waals surface area (Å²) in [5.74, 6) is -6.03. The first-order chi connectivity index (χ1) is 20.5. The number of carbonyl (C=O) groups is 7. The third-order valence-corrected chi connectivity index (χ3v) is 5.90. The largest absolute Gasteiger partial charge is 0.463 e. The molecule has 0 bridgehead atoms. The Morgan fingerprint density at radius 1 is 0.477 bits per heavy atom. The fourth-order valence-electron chi connectivity index (χ4n) is 4.49. The minimum absolute atomic E-state index is 0.572. The molecule has 0 aromatic rings. The Labute approximate surface area is 251 Å². The van der Waals surface area contributed by atoms with E-state index in [1.54, 1.807) is 0 Å². The van der Waals surface area contributed by atoms with Crippen LogP contribution in [0.2, 0.25) is 0 Å². The summed E-state index contributed by atoms with van der Waals surface area (Å²) >= 11 is 0. The van der Waals surface area contributed by atoms with Gasteiger partial charge in [-0.15, -0.1) is 0 Å². The summed E-state index contributed by atoms with van der Waals surface area (Å²) in [7, 11) is 0. The predicted octanol–water partition coefficient (Wildman–Crippen LogP) is -1.40. The Bertz CT molecular complexity index is 1090. The van der Waals surface area contributed by atoms with Gasteiger partial charge in [0, 0.05) is 48.5 Å². The summed E-state index contributed by atoms with van der Waals surface area (Å²) < 4.78 is 54.1. The van der Waals surface area contributed by atoms with Crippen LogP contribution in [0.5, 0.6) is 0 Å². The van der Waals surface area contributed by atoms with Gasteiger partial charge in [0.05, 0.1) is 0 Å². The Balaban J connectivity index is 2.66. The highest BCUT2D eigenvalue weighted by atomic mass is 16.8. The molecule has 0 saturated carbocycles. The van der Waals surface area contributed by atoms with Crippen LogP contribution in [0.15, 0.2) is 0 Å². The van der Waals surface area contributed by atoms with Crippen molar-refractivity contribution >= 4 is 41.8 Å². The van der Waals surface area contributed by atoms with Gasteiger partial charge in [-0.2, -0.15) is 0 Å². The van der Waals surface area contributed by atoms with E-state index in [-0.39, 0.29) is 0 Å². The summed E-state index contributed by atoms with van der Waals surface area (Å²) in [5, 5.41) is 10.6. The van der Waals surface area contributed by atoms with Crippen LogP contribution in [-0.4, -0.2) is 122 Å². The molecule has 2 rings (SSSR count). The number of ether oxygens (including phenoxy) is 10. The van der Waals surface area contributed by atoms with Crippen molar-refractivity contribution in [2.45, 2.75) is 110 Å². The van der Waals surface area contributed by atoms with Gasteiger partial charge in [-0.3, -0.25) is 33.6 Å². The maximum atomic E-state index is 12.2. The molecule has 2 heterocycles. The van der Waals surface area contributed by atoms with Gasteiger partial charge in [-0.05, 0) is 0 Å². The van der Waals surface area contributed by atoms with Gasteiger partial charge in [-0.25, -0.2) is 0 Å². The molecule has 4 unspecified atom stereocenters. The van der Waals surface area contributed by atoms with Gasteiger partial charge in [0.15, 0.2) is 43.1 Å². The van der Waals surface area contributed by atoms with E-state index in [2.05, 4.69) is 0 Å². The van der Waals surface area contributed by atoms with Crippen LogP contribution >= 0.6 is 0 Å². The van der Waals surface area contributed by atoms with Gasteiger partial charge >= 0.3 is 41.8 Å². The van der Waals surface area contributed by atoms with Crippen molar-refractivity contribution in [3.63, 3.8) is 0 Å². The van der Waals surface area contributed by atoms with E-state index < -0.39 is 116 Å². The highest BCUT2D eigenvalue weighted by molar-refractivity contribution is 5.69. The van der Waals surface area contributed by atoms with Crippen molar-refractivity contribution < 1.29 is 86.0 Å². The fraction of sp³-hybridized carbons (Fsp3) is 0.731. The molecule has 0 aromatic carbocycles. The van der Waals surface area contributed by atoms with E-state index >= 15 is 0 Å². The minimum atomic E-state index is -1.90. The Morgan fingerprint density at radius 3 is 1.27 bits per heavy atom. The van der Waals surface area contributed by atoms with Gasteiger partial charge in [0.1, 0.15) is 31.5 Å². The molecule has 1 N–H and O–H groups in total. The average Bonchev–Trinajstić information content (AvgIpc) is 2.87. The Kier molecular flexibility index (Phi) is 13.4. The quantitative estimate of drug-likeness (QED) is 0.203. The molecule has 44 heavy (non-hydrogen) atoms. The number of carbonyl (C=O) groups excluding carboxylic acids is 7. The third kappa shape index (κ3) is 10.7. The van der Waals surface area contributed by atoms with Crippen LogP contribution in [0, 0.1) is 0 Å². The van der Waals surface area contributed by atoms with Gasteiger partial charge in [0.25, 0.3) is 0 Å². The van der Waals surface area contributed by atoms with Crippen molar-refractivity contribution in [2.75, 3.05) is 13.2 Å². The summed E-state index contributed by atoms with van der Waals surface area (Å²) in [6, 6.07) is 0. The van der Waals surface area contributed by atoms with E-state index in [1.807, 2.05) is 0 Å². The summed E-state index contributed by atoms with van der Waals surface area (Å²) in [5.41, 5.74) is 0. The standard InChI is InChI=1S/C26H36O18/c1-10(27)35-8-17-20(21(38-13(4)30)23(25(34)42-17)40-15(6)32)44-26-24(41-16(7)33)22(39-14(5)31)19(37-12(3)29)18(43-26)9-36-11(2)28/h17-26,34H,8-9H2,1-7H3/t17?,18?,19-,20-,21+,22-,23?,24?,25+,26-/m0/s1. The first-order valence-electron chi connectivity index (χ1n) is 13.3. The highest BCUT2D eigenvalue weighted by Crippen LogP contribution is 2.34. The molecule has 0 spiro atoms. The number of hydrogen-bond acceptors (Lipinski definition) is 18. The van der Waals surface area contributed by atoms with E-state index in [4.69, 9.17) is 47.4 Å². The van der Waals surface area contributed by atoms with E-state index in [1.165, 1.54) is 0 Å². The molecule has 0 aromatic heterocycles. The minimum Gasteiger partial charge on any atom is -0.463 e. The third-order valence-electron chi connectivity index (χ3n) is 5.90. The second-order valence-electron chi connectivity index (χ2n) is 9.68. The lowest BCUT2D eigenvalue weighted by Gasteiger charge is -2.48. The molecular weight excluding hydrogens is 600 g/mol. The molecule has 0 aliphatic carbocycles. The predicted molar refractivity (Wildman–Crippen MR) is 135 cm³/mol. The molecule has 2 aliphatic rings. The molecule has 2 fully saturated rings.